The van der Waals surface area contributed by atoms with Crippen LogP contribution in [0.2, 0.25) is 0 Å². The van der Waals surface area contributed by atoms with Gasteiger partial charge in [-0.2, -0.15) is 0 Å². The molecule has 126 valence electrons. The van der Waals surface area contributed by atoms with Crippen molar-refractivity contribution >= 4 is 11.2 Å². The summed E-state index contributed by atoms with van der Waals surface area (Å²) in [6, 6.07) is 1.28. The van der Waals surface area contributed by atoms with Gasteiger partial charge in [-0.25, -0.2) is 33.7 Å². The molecule has 0 bridgehead atoms. The van der Waals surface area contributed by atoms with Gasteiger partial charge in [-0.1, -0.05) is 0 Å². The minimum atomic E-state index is -2.64. The topological polar surface area (TPSA) is 91.8 Å². The minimum absolute atomic E-state index is 0.218. The van der Waals surface area contributed by atoms with Gasteiger partial charge in [-0.15, -0.1) is 0 Å². The molecule has 0 N–H and O–H groups in total. The van der Waals surface area contributed by atoms with Gasteiger partial charge < -0.3 is 9.15 Å². The molecule has 0 saturated carbocycles. The Labute approximate surface area is 139 Å². The van der Waals surface area contributed by atoms with Gasteiger partial charge in [0.15, 0.2) is 23.7 Å². The molecule has 8 nitrogen and oxygen atoms in total. The molecule has 4 rings (SSSR count). The van der Waals surface area contributed by atoms with Crippen LogP contribution in [-0.4, -0.2) is 36.6 Å². The molecule has 4 aromatic rings. The summed E-state index contributed by atoms with van der Waals surface area (Å²) in [6.07, 6.45) is 4.00. The Morgan fingerprint density at radius 3 is 2.64 bits per heavy atom. The summed E-state index contributed by atoms with van der Waals surface area (Å²) in [6.45, 7) is 0. The van der Waals surface area contributed by atoms with Crippen molar-refractivity contribution < 1.29 is 17.9 Å². The van der Waals surface area contributed by atoms with Crippen LogP contribution in [0.1, 0.15) is 12.0 Å². The summed E-state index contributed by atoms with van der Waals surface area (Å²) in [7, 11) is 1.48. The Hall–Kier alpha value is -3.43. The molecule has 0 unspecified atom stereocenters. The number of aromatic nitrogens is 6. The van der Waals surface area contributed by atoms with E-state index in [1.165, 1.54) is 38.2 Å². The molecule has 0 aliphatic rings. The first-order valence-corrected chi connectivity index (χ1v) is 7.09. The highest BCUT2D eigenvalue weighted by atomic mass is 19.3. The van der Waals surface area contributed by atoms with Gasteiger partial charge >= 0.3 is 0 Å². The second kappa shape index (κ2) is 5.89. The van der Waals surface area contributed by atoms with Crippen LogP contribution in [0.5, 0.6) is 5.88 Å². The van der Waals surface area contributed by atoms with Gasteiger partial charge in [0.05, 0.1) is 19.5 Å². The van der Waals surface area contributed by atoms with E-state index in [0.717, 1.165) is 6.20 Å². The minimum Gasteiger partial charge on any atom is -0.480 e. The van der Waals surface area contributed by atoms with Crippen molar-refractivity contribution in [1.82, 2.24) is 29.5 Å². The van der Waals surface area contributed by atoms with Gasteiger partial charge in [0.25, 0.3) is 6.43 Å². The zero-order valence-electron chi connectivity index (χ0n) is 12.8. The fraction of sp³-hybridized carbons (Fsp3) is 0.133. The number of oxazole rings is 1. The predicted molar refractivity (Wildman–Crippen MR) is 81.5 cm³/mol. The van der Waals surface area contributed by atoms with Gasteiger partial charge in [-0.3, -0.25) is 4.57 Å². The molecule has 25 heavy (non-hydrogen) atoms. The molecule has 0 spiro atoms. The fourth-order valence-corrected chi connectivity index (χ4v) is 2.34. The number of methoxy groups -OCH3 is 1. The van der Waals surface area contributed by atoms with Gasteiger partial charge in [0.1, 0.15) is 17.5 Å². The first kappa shape index (κ1) is 15.1. The first-order chi connectivity index (χ1) is 12.2. The van der Waals surface area contributed by atoms with Crippen LogP contribution in [0.4, 0.5) is 8.78 Å². The van der Waals surface area contributed by atoms with Crippen LogP contribution in [0.15, 0.2) is 41.7 Å². The Morgan fingerprint density at radius 2 is 2.00 bits per heavy atom. The Bertz CT molecular complexity index is 1010. The number of halogens is 2. The fourth-order valence-electron chi connectivity index (χ4n) is 2.34. The molecule has 4 aromatic heterocycles. The van der Waals surface area contributed by atoms with Crippen LogP contribution in [0.3, 0.4) is 0 Å². The van der Waals surface area contributed by atoms with Crippen LogP contribution < -0.4 is 4.74 Å². The smallest absolute Gasteiger partial charge is 0.265 e. The van der Waals surface area contributed by atoms with Crippen molar-refractivity contribution in [3.63, 3.8) is 0 Å². The average Bonchev–Trinajstić information content (AvgIpc) is 3.28. The summed E-state index contributed by atoms with van der Waals surface area (Å²) in [5.41, 5.74) is 0.828. The monoisotopic (exact) mass is 344 g/mol. The first-order valence-electron chi connectivity index (χ1n) is 7.09. The molecule has 10 heteroatoms. The molecular weight excluding hydrogens is 334 g/mol. The Morgan fingerprint density at radius 1 is 1.12 bits per heavy atom. The second-order valence-electron chi connectivity index (χ2n) is 4.97. The summed E-state index contributed by atoms with van der Waals surface area (Å²) in [5.74, 6) is 1.07. The van der Waals surface area contributed by atoms with E-state index in [4.69, 9.17) is 9.15 Å². The molecule has 4 heterocycles. The van der Waals surface area contributed by atoms with E-state index in [1.54, 1.807) is 4.57 Å². The summed E-state index contributed by atoms with van der Waals surface area (Å²) in [5, 5.41) is 0. The molecule has 0 fully saturated rings. The Balaban J connectivity index is 1.97. The van der Waals surface area contributed by atoms with E-state index in [9.17, 15) is 8.78 Å². The third kappa shape index (κ3) is 2.57. The molecular formula is C15H10F2N6O2. The lowest BCUT2D eigenvalue weighted by molar-refractivity contribution is 0.151. The van der Waals surface area contributed by atoms with E-state index in [1.807, 2.05) is 0 Å². The Kier molecular flexibility index (Phi) is 3.56. The van der Waals surface area contributed by atoms with E-state index in [-0.39, 0.29) is 11.1 Å². The van der Waals surface area contributed by atoms with E-state index in [0.29, 0.717) is 28.9 Å². The van der Waals surface area contributed by atoms with Gasteiger partial charge in [0, 0.05) is 11.8 Å². The highest BCUT2D eigenvalue weighted by molar-refractivity contribution is 5.79. The molecule has 0 atom stereocenters. The predicted octanol–water partition coefficient (Wildman–Crippen LogP) is 2.81. The number of pyridine rings is 1. The van der Waals surface area contributed by atoms with E-state index >= 15 is 0 Å². The lowest BCUT2D eigenvalue weighted by Gasteiger charge is -2.06. The van der Waals surface area contributed by atoms with Crippen LogP contribution in [0, 0.1) is 0 Å². The number of fused-ring (bicyclic) bond motifs is 1. The van der Waals surface area contributed by atoms with E-state index in [2.05, 4.69) is 24.9 Å². The lowest BCUT2D eigenvalue weighted by Crippen LogP contribution is -2.03. The van der Waals surface area contributed by atoms with Crippen molar-refractivity contribution in [2.45, 2.75) is 6.43 Å². The van der Waals surface area contributed by atoms with Crippen molar-refractivity contribution in [1.29, 1.82) is 0 Å². The zero-order chi connectivity index (χ0) is 17.4. The largest absolute Gasteiger partial charge is 0.480 e. The van der Waals surface area contributed by atoms with Crippen molar-refractivity contribution in [3.8, 4) is 23.2 Å². The third-order valence-electron chi connectivity index (χ3n) is 3.48. The number of nitrogens with zero attached hydrogens (tertiary/aromatic N) is 6. The molecule has 0 aliphatic heterocycles. The third-order valence-corrected chi connectivity index (χ3v) is 3.48. The quantitative estimate of drug-likeness (QED) is 0.562. The second-order valence-corrected chi connectivity index (χ2v) is 4.97. The van der Waals surface area contributed by atoms with Crippen molar-refractivity contribution in [3.05, 3.63) is 42.9 Å². The van der Waals surface area contributed by atoms with E-state index < -0.39 is 6.43 Å². The maximum atomic E-state index is 12.9. The average molecular weight is 344 g/mol. The van der Waals surface area contributed by atoms with Gasteiger partial charge in [-0.05, 0) is 6.07 Å². The maximum absolute atomic E-state index is 12.9. The van der Waals surface area contributed by atoms with Crippen molar-refractivity contribution in [2.24, 2.45) is 0 Å². The number of rotatable bonds is 4. The highest BCUT2D eigenvalue weighted by Gasteiger charge is 2.20. The number of hydrogen-bond acceptors (Lipinski definition) is 7. The highest BCUT2D eigenvalue weighted by Crippen LogP contribution is 2.28. The summed E-state index contributed by atoms with van der Waals surface area (Å²) in [4.78, 5) is 20.9. The van der Waals surface area contributed by atoms with Gasteiger partial charge in [0.2, 0.25) is 5.88 Å². The number of imidazole rings is 1. The molecule has 0 saturated heterocycles. The summed E-state index contributed by atoms with van der Waals surface area (Å²) < 4.78 is 37.4. The van der Waals surface area contributed by atoms with Crippen LogP contribution in [-0.2, 0) is 0 Å². The zero-order valence-corrected chi connectivity index (χ0v) is 12.8. The molecule has 0 aromatic carbocycles. The standard InChI is InChI=1S/C15H10F2N6O2/c1-24-12-5-18-11(4-19-12)23-14-9(2-8(3-20-14)13(16)17)22-15(23)10-6-25-7-21-10/h2-7,13H,1H3. The normalized spacial score (nSPS) is 11.4. The summed E-state index contributed by atoms with van der Waals surface area (Å²) >= 11 is 0. The van der Waals surface area contributed by atoms with Crippen LogP contribution >= 0.6 is 0 Å². The SMILES string of the molecule is COc1cnc(-n2c(-c3cocn3)nc3cc(C(F)F)cnc32)cn1. The molecule has 0 aliphatic carbocycles. The number of ether oxygens (including phenoxy) is 1. The number of alkyl halides is 2. The lowest BCUT2D eigenvalue weighted by atomic mass is 10.3. The molecule has 0 amide bonds. The van der Waals surface area contributed by atoms with Crippen LogP contribution in [0.25, 0.3) is 28.5 Å². The van der Waals surface area contributed by atoms with Crippen molar-refractivity contribution in [2.75, 3.05) is 7.11 Å². The number of hydrogen-bond donors (Lipinski definition) is 0. The molecule has 0 radical (unpaired) electrons. The maximum Gasteiger partial charge on any atom is 0.265 e.